The molecule has 0 saturated heterocycles. The Morgan fingerprint density at radius 2 is 1.79 bits per heavy atom. The SMILES string of the molecule is CC(CN(C)CCCCCO)C(O)c1ccccc1. The van der Waals surface area contributed by atoms with E-state index in [1.54, 1.807) is 0 Å². The van der Waals surface area contributed by atoms with Gasteiger partial charge in [-0.15, -0.1) is 0 Å². The zero-order chi connectivity index (χ0) is 14.1. The molecule has 0 aliphatic carbocycles. The molecule has 0 aromatic heterocycles. The molecule has 108 valence electrons. The summed E-state index contributed by atoms with van der Waals surface area (Å²) < 4.78 is 0. The van der Waals surface area contributed by atoms with E-state index in [0.29, 0.717) is 0 Å². The van der Waals surface area contributed by atoms with E-state index in [0.717, 1.165) is 37.9 Å². The number of nitrogens with zero attached hydrogens (tertiary/aromatic N) is 1. The Morgan fingerprint density at radius 1 is 1.11 bits per heavy atom. The van der Waals surface area contributed by atoms with Crippen LogP contribution >= 0.6 is 0 Å². The highest BCUT2D eigenvalue weighted by molar-refractivity contribution is 5.17. The highest BCUT2D eigenvalue weighted by Gasteiger charge is 2.17. The molecule has 1 rings (SSSR count). The lowest BCUT2D eigenvalue weighted by molar-refractivity contribution is 0.0944. The Hall–Kier alpha value is -0.900. The van der Waals surface area contributed by atoms with Crippen LogP contribution in [0.25, 0.3) is 0 Å². The Bertz CT molecular complexity index is 329. The molecule has 1 aromatic rings. The minimum atomic E-state index is -0.402. The minimum Gasteiger partial charge on any atom is -0.396 e. The van der Waals surface area contributed by atoms with Crippen LogP contribution in [-0.4, -0.2) is 41.9 Å². The van der Waals surface area contributed by atoms with Gasteiger partial charge >= 0.3 is 0 Å². The fraction of sp³-hybridized carbons (Fsp3) is 0.625. The van der Waals surface area contributed by atoms with Crippen molar-refractivity contribution < 1.29 is 10.2 Å². The molecule has 0 spiro atoms. The Kier molecular flexibility index (Phi) is 7.72. The summed E-state index contributed by atoms with van der Waals surface area (Å²) in [6.45, 7) is 4.27. The summed E-state index contributed by atoms with van der Waals surface area (Å²) in [5, 5.41) is 19.0. The van der Waals surface area contributed by atoms with Crippen LogP contribution in [0.4, 0.5) is 0 Å². The van der Waals surface area contributed by atoms with Crippen LogP contribution in [0.15, 0.2) is 30.3 Å². The highest BCUT2D eigenvalue weighted by Crippen LogP contribution is 2.22. The van der Waals surface area contributed by atoms with Crippen molar-refractivity contribution in [1.29, 1.82) is 0 Å². The van der Waals surface area contributed by atoms with E-state index in [1.165, 1.54) is 0 Å². The second-order valence-electron chi connectivity index (χ2n) is 5.38. The maximum atomic E-state index is 10.3. The first-order valence-corrected chi connectivity index (χ1v) is 7.17. The van der Waals surface area contributed by atoms with Crippen LogP contribution in [0.3, 0.4) is 0 Å². The summed E-state index contributed by atoms with van der Waals surface area (Å²) in [4.78, 5) is 2.26. The number of rotatable bonds is 9. The van der Waals surface area contributed by atoms with Gasteiger partial charge in [-0.2, -0.15) is 0 Å². The highest BCUT2D eigenvalue weighted by atomic mass is 16.3. The van der Waals surface area contributed by atoms with Crippen molar-refractivity contribution in [3.8, 4) is 0 Å². The van der Waals surface area contributed by atoms with Crippen LogP contribution in [0.1, 0.15) is 37.9 Å². The zero-order valence-corrected chi connectivity index (χ0v) is 12.1. The average Bonchev–Trinajstić information content (AvgIpc) is 2.43. The normalized spacial score (nSPS) is 14.6. The van der Waals surface area contributed by atoms with Crippen LogP contribution in [0, 0.1) is 5.92 Å². The minimum absolute atomic E-state index is 0.213. The van der Waals surface area contributed by atoms with Crippen molar-refractivity contribution in [2.45, 2.75) is 32.3 Å². The van der Waals surface area contributed by atoms with Gasteiger partial charge in [-0.3, -0.25) is 0 Å². The van der Waals surface area contributed by atoms with E-state index in [4.69, 9.17) is 5.11 Å². The van der Waals surface area contributed by atoms with Crippen LogP contribution in [0.2, 0.25) is 0 Å². The zero-order valence-electron chi connectivity index (χ0n) is 12.1. The summed E-state index contributed by atoms with van der Waals surface area (Å²) in [6, 6.07) is 9.84. The number of benzene rings is 1. The molecule has 2 N–H and O–H groups in total. The van der Waals surface area contributed by atoms with Crippen molar-refractivity contribution in [3.63, 3.8) is 0 Å². The molecular formula is C16H27NO2. The summed E-state index contributed by atoms with van der Waals surface area (Å²) in [7, 11) is 2.09. The third-order valence-corrected chi connectivity index (χ3v) is 3.48. The fourth-order valence-electron chi connectivity index (χ4n) is 2.33. The molecule has 19 heavy (non-hydrogen) atoms. The van der Waals surface area contributed by atoms with Gasteiger partial charge < -0.3 is 15.1 Å². The lowest BCUT2D eigenvalue weighted by Crippen LogP contribution is -2.28. The van der Waals surface area contributed by atoms with Crippen molar-refractivity contribution in [3.05, 3.63) is 35.9 Å². The molecule has 3 heteroatoms. The van der Waals surface area contributed by atoms with Crippen molar-refractivity contribution in [2.75, 3.05) is 26.7 Å². The molecule has 0 heterocycles. The van der Waals surface area contributed by atoms with E-state index < -0.39 is 6.10 Å². The fourth-order valence-corrected chi connectivity index (χ4v) is 2.33. The van der Waals surface area contributed by atoms with Gasteiger partial charge in [0.15, 0.2) is 0 Å². The molecule has 0 amide bonds. The lowest BCUT2D eigenvalue weighted by Gasteiger charge is -2.25. The molecule has 1 aromatic carbocycles. The van der Waals surface area contributed by atoms with Gasteiger partial charge in [0.25, 0.3) is 0 Å². The first-order valence-electron chi connectivity index (χ1n) is 7.17. The van der Waals surface area contributed by atoms with Gasteiger partial charge in [-0.1, -0.05) is 37.3 Å². The molecule has 0 bridgehead atoms. The maximum absolute atomic E-state index is 10.3. The molecule has 0 radical (unpaired) electrons. The molecule has 0 fully saturated rings. The molecule has 0 aliphatic heterocycles. The molecule has 2 atom stereocenters. The average molecular weight is 265 g/mol. The summed E-state index contributed by atoms with van der Waals surface area (Å²) in [5.74, 6) is 0.213. The summed E-state index contributed by atoms with van der Waals surface area (Å²) in [5.41, 5.74) is 0.990. The van der Waals surface area contributed by atoms with E-state index in [1.807, 2.05) is 30.3 Å². The molecule has 0 saturated carbocycles. The molecular weight excluding hydrogens is 238 g/mol. The Balaban J connectivity index is 2.31. The quantitative estimate of drug-likeness (QED) is 0.674. The van der Waals surface area contributed by atoms with E-state index >= 15 is 0 Å². The second kappa shape index (κ2) is 9.08. The van der Waals surface area contributed by atoms with Crippen LogP contribution in [0.5, 0.6) is 0 Å². The van der Waals surface area contributed by atoms with Gasteiger partial charge in [0.1, 0.15) is 0 Å². The predicted octanol–water partition coefficient (Wildman–Crippen LogP) is 2.45. The first-order chi connectivity index (χ1) is 9.15. The maximum Gasteiger partial charge on any atom is 0.0827 e. The van der Waals surface area contributed by atoms with Crippen molar-refractivity contribution in [2.24, 2.45) is 5.92 Å². The first kappa shape index (κ1) is 16.2. The van der Waals surface area contributed by atoms with Crippen molar-refractivity contribution in [1.82, 2.24) is 4.90 Å². The van der Waals surface area contributed by atoms with Gasteiger partial charge in [0.05, 0.1) is 6.10 Å². The monoisotopic (exact) mass is 265 g/mol. The predicted molar refractivity (Wildman–Crippen MR) is 79.0 cm³/mol. The van der Waals surface area contributed by atoms with Gasteiger partial charge in [-0.25, -0.2) is 0 Å². The summed E-state index contributed by atoms with van der Waals surface area (Å²) in [6.07, 6.45) is 2.65. The number of hydrogen-bond donors (Lipinski definition) is 2. The Labute approximate surface area is 116 Å². The number of unbranched alkanes of at least 4 members (excludes halogenated alkanes) is 2. The Morgan fingerprint density at radius 3 is 2.42 bits per heavy atom. The van der Waals surface area contributed by atoms with Gasteiger partial charge in [0, 0.05) is 13.2 Å². The number of aliphatic hydroxyl groups is 2. The molecule has 0 aliphatic rings. The van der Waals surface area contributed by atoms with Gasteiger partial charge in [0.2, 0.25) is 0 Å². The van der Waals surface area contributed by atoms with Crippen molar-refractivity contribution >= 4 is 0 Å². The van der Waals surface area contributed by atoms with Crippen LogP contribution in [-0.2, 0) is 0 Å². The molecule has 3 nitrogen and oxygen atoms in total. The second-order valence-corrected chi connectivity index (χ2v) is 5.38. The smallest absolute Gasteiger partial charge is 0.0827 e. The lowest BCUT2D eigenvalue weighted by atomic mass is 9.97. The van der Waals surface area contributed by atoms with E-state index in [-0.39, 0.29) is 12.5 Å². The van der Waals surface area contributed by atoms with Gasteiger partial charge in [-0.05, 0) is 44.3 Å². The van der Waals surface area contributed by atoms with E-state index in [2.05, 4.69) is 18.9 Å². The third-order valence-electron chi connectivity index (χ3n) is 3.48. The van der Waals surface area contributed by atoms with Crippen LogP contribution < -0.4 is 0 Å². The summed E-state index contributed by atoms with van der Waals surface area (Å²) >= 11 is 0. The topological polar surface area (TPSA) is 43.7 Å². The number of aliphatic hydroxyl groups excluding tert-OH is 2. The largest absolute Gasteiger partial charge is 0.396 e. The number of hydrogen-bond acceptors (Lipinski definition) is 3. The third kappa shape index (κ3) is 6.19. The standard InChI is InChI=1S/C16H27NO2/c1-14(13-17(2)11-7-4-8-12-18)16(19)15-9-5-3-6-10-15/h3,5-6,9-10,14,16,18-19H,4,7-8,11-13H2,1-2H3. The molecule has 2 unspecified atom stereocenters. The van der Waals surface area contributed by atoms with E-state index in [9.17, 15) is 5.11 Å².